The van der Waals surface area contributed by atoms with Crippen LogP contribution in [0, 0.1) is 0 Å². The number of likely N-dealkylation sites (N-methyl/N-ethyl adjacent to an activating group) is 1. The highest BCUT2D eigenvalue weighted by Gasteiger charge is 2.34. The summed E-state index contributed by atoms with van der Waals surface area (Å²) in [4.78, 5) is 30.6. The van der Waals surface area contributed by atoms with Crippen LogP contribution in [0.5, 0.6) is 0 Å². The number of nitrogens with zero attached hydrogens (tertiary/aromatic N) is 3. The molecule has 1 saturated heterocycles. The molecule has 0 aliphatic carbocycles. The Labute approximate surface area is 195 Å². The number of para-hydroxylation sites is 2. The molecule has 1 atom stereocenters. The van der Waals surface area contributed by atoms with Crippen LogP contribution in [0.2, 0.25) is 5.02 Å². The van der Waals surface area contributed by atoms with Gasteiger partial charge in [-0.2, -0.15) is 13.2 Å². The van der Waals surface area contributed by atoms with Crippen molar-refractivity contribution in [2.24, 2.45) is 0 Å². The Morgan fingerprint density at radius 3 is 2.30 bits per heavy atom. The number of amides is 2. The van der Waals surface area contributed by atoms with E-state index in [0.29, 0.717) is 31.2 Å². The van der Waals surface area contributed by atoms with E-state index in [0.717, 1.165) is 11.8 Å². The summed E-state index contributed by atoms with van der Waals surface area (Å²) < 4.78 is 39.4. The maximum atomic E-state index is 13.1. The number of halogens is 4. The minimum Gasteiger partial charge on any atom is -0.368 e. The number of hydrogen-bond donors (Lipinski definition) is 1. The van der Waals surface area contributed by atoms with E-state index in [1.807, 2.05) is 29.2 Å². The Balaban J connectivity index is 1.54. The first kappa shape index (κ1) is 24.9. The predicted octanol–water partition coefficient (Wildman–Crippen LogP) is 3.97. The molecule has 1 N–H and O–H groups in total. The van der Waals surface area contributed by atoms with Crippen molar-refractivity contribution in [3.05, 3.63) is 59.1 Å². The molecule has 10 heteroatoms. The molecule has 2 aromatic rings. The zero-order chi connectivity index (χ0) is 24.2. The summed E-state index contributed by atoms with van der Waals surface area (Å²) in [5.74, 6) is -0.973. The summed E-state index contributed by atoms with van der Waals surface area (Å²) >= 11 is 6.27. The van der Waals surface area contributed by atoms with Gasteiger partial charge >= 0.3 is 6.18 Å². The lowest BCUT2D eigenvalue weighted by atomic mass is 10.1. The largest absolute Gasteiger partial charge is 0.418 e. The molecule has 33 heavy (non-hydrogen) atoms. The number of rotatable bonds is 6. The van der Waals surface area contributed by atoms with Crippen molar-refractivity contribution < 1.29 is 22.8 Å². The van der Waals surface area contributed by atoms with E-state index in [-0.39, 0.29) is 18.1 Å². The van der Waals surface area contributed by atoms with Crippen molar-refractivity contribution in [1.29, 1.82) is 0 Å². The van der Waals surface area contributed by atoms with E-state index < -0.39 is 23.7 Å². The maximum absolute atomic E-state index is 13.1. The van der Waals surface area contributed by atoms with E-state index in [2.05, 4.69) is 10.2 Å². The topological polar surface area (TPSA) is 55.9 Å². The zero-order valence-corrected chi connectivity index (χ0v) is 19.2. The monoisotopic (exact) mass is 482 g/mol. The number of benzene rings is 2. The molecule has 2 aromatic carbocycles. The first-order valence-corrected chi connectivity index (χ1v) is 10.9. The minimum absolute atomic E-state index is 0.277. The normalized spacial score (nSPS) is 15.8. The van der Waals surface area contributed by atoms with Crippen LogP contribution in [0.1, 0.15) is 12.5 Å². The van der Waals surface area contributed by atoms with E-state index in [4.69, 9.17) is 11.6 Å². The van der Waals surface area contributed by atoms with E-state index in [1.165, 1.54) is 30.1 Å². The van der Waals surface area contributed by atoms with Crippen LogP contribution in [-0.2, 0) is 15.8 Å². The van der Waals surface area contributed by atoms with Crippen molar-refractivity contribution in [3.8, 4) is 0 Å². The van der Waals surface area contributed by atoms with Gasteiger partial charge in [-0.25, -0.2) is 0 Å². The van der Waals surface area contributed by atoms with Gasteiger partial charge in [0.05, 0.1) is 34.5 Å². The molecule has 0 aromatic heterocycles. The van der Waals surface area contributed by atoms with Crippen LogP contribution in [0.15, 0.2) is 48.5 Å². The van der Waals surface area contributed by atoms with Gasteiger partial charge < -0.3 is 15.1 Å². The van der Waals surface area contributed by atoms with Crippen LogP contribution in [-0.4, -0.2) is 67.4 Å². The molecular formula is C23H26ClF3N4O2. The molecule has 1 aliphatic heterocycles. The molecule has 0 bridgehead atoms. The fourth-order valence-corrected chi connectivity index (χ4v) is 4.11. The number of carbonyl (C=O) groups is 2. The predicted molar refractivity (Wildman–Crippen MR) is 122 cm³/mol. The van der Waals surface area contributed by atoms with Crippen LogP contribution < -0.4 is 10.2 Å². The highest BCUT2D eigenvalue weighted by Crippen LogP contribution is 2.34. The lowest BCUT2D eigenvalue weighted by molar-refractivity contribution is -0.138. The molecule has 0 saturated carbocycles. The van der Waals surface area contributed by atoms with Gasteiger partial charge in [0.15, 0.2) is 0 Å². The summed E-state index contributed by atoms with van der Waals surface area (Å²) in [7, 11) is 1.47. The van der Waals surface area contributed by atoms with Crippen molar-refractivity contribution in [2.75, 3.05) is 50.0 Å². The number of carbonyl (C=O) groups excluding carboxylic acids is 2. The Hall–Kier alpha value is -2.78. The molecule has 1 heterocycles. The third kappa shape index (κ3) is 6.17. The molecule has 3 rings (SSSR count). The smallest absolute Gasteiger partial charge is 0.368 e. The highest BCUT2D eigenvalue weighted by atomic mass is 35.5. The first-order valence-electron chi connectivity index (χ1n) is 10.5. The molecule has 2 amide bonds. The summed E-state index contributed by atoms with van der Waals surface area (Å²) in [5.41, 5.74) is -0.317. The van der Waals surface area contributed by atoms with Gasteiger partial charge in [-0.1, -0.05) is 35.9 Å². The summed E-state index contributed by atoms with van der Waals surface area (Å²) in [6.07, 6.45) is -4.59. The van der Waals surface area contributed by atoms with Crippen molar-refractivity contribution in [1.82, 2.24) is 9.80 Å². The fraction of sp³-hybridized carbons (Fsp3) is 0.391. The molecular weight excluding hydrogens is 457 g/mol. The van der Waals surface area contributed by atoms with Crippen molar-refractivity contribution in [2.45, 2.75) is 19.1 Å². The van der Waals surface area contributed by atoms with Gasteiger partial charge in [-0.15, -0.1) is 0 Å². The molecule has 6 nitrogen and oxygen atoms in total. The molecule has 1 aliphatic rings. The Kier molecular flexibility index (Phi) is 7.86. The van der Waals surface area contributed by atoms with Gasteiger partial charge in [0.1, 0.15) is 0 Å². The number of piperazine rings is 1. The maximum Gasteiger partial charge on any atom is 0.418 e. The fourth-order valence-electron chi connectivity index (χ4n) is 3.86. The lowest BCUT2D eigenvalue weighted by Gasteiger charge is -2.39. The number of hydrogen-bond acceptors (Lipinski definition) is 4. The lowest BCUT2D eigenvalue weighted by Crippen LogP contribution is -2.54. The Bertz CT molecular complexity index is 994. The van der Waals surface area contributed by atoms with Gasteiger partial charge in [-0.05, 0) is 31.2 Å². The zero-order valence-electron chi connectivity index (χ0n) is 18.4. The van der Waals surface area contributed by atoms with Gasteiger partial charge in [0.25, 0.3) is 0 Å². The van der Waals surface area contributed by atoms with E-state index >= 15 is 0 Å². The average molecular weight is 483 g/mol. The number of anilines is 2. The number of alkyl halides is 3. The van der Waals surface area contributed by atoms with Crippen LogP contribution >= 0.6 is 11.6 Å². The number of nitrogens with one attached hydrogen (secondary N) is 1. The molecule has 0 spiro atoms. The average Bonchev–Trinajstić information content (AvgIpc) is 2.78. The standard InChI is InChI=1S/C23H26ClF3N4O2/c1-16(30-11-13-31(14-12-30)20-10-6-4-8-18(20)24)22(33)29(2)15-21(32)28-19-9-5-3-7-17(19)23(25,26)27/h3-10,16H,11-15H2,1-2H3,(H,28,32)/t16-/m1/s1. The summed E-state index contributed by atoms with van der Waals surface area (Å²) in [5, 5.41) is 2.94. The van der Waals surface area contributed by atoms with Crippen LogP contribution in [0.25, 0.3) is 0 Å². The van der Waals surface area contributed by atoms with Crippen molar-refractivity contribution in [3.63, 3.8) is 0 Å². The van der Waals surface area contributed by atoms with Gasteiger partial charge in [0.2, 0.25) is 11.8 Å². The molecule has 1 fully saturated rings. The molecule has 0 radical (unpaired) electrons. The van der Waals surface area contributed by atoms with Gasteiger partial charge in [0, 0.05) is 33.2 Å². The van der Waals surface area contributed by atoms with Crippen LogP contribution in [0.3, 0.4) is 0 Å². The Morgan fingerprint density at radius 2 is 1.67 bits per heavy atom. The Morgan fingerprint density at radius 1 is 1.06 bits per heavy atom. The van der Waals surface area contributed by atoms with E-state index in [1.54, 1.807) is 6.92 Å². The SMILES string of the molecule is C[C@H](C(=O)N(C)CC(=O)Nc1ccccc1C(F)(F)F)N1CCN(c2ccccc2Cl)CC1. The summed E-state index contributed by atoms with van der Waals surface area (Å²) in [6, 6.07) is 11.9. The second-order valence-corrected chi connectivity index (χ2v) is 8.34. The highest BCUT2D eigenvalue weighted by molar-refractivity contribution is 6.33. The molecule has 178 valence electrons. The minimum atomic E-state index is -4.59. The third-order valence-corrected chi connectivity index (χ3v) is 6.00. The van der Waals surface area contributed by atoms with Crippen molar-refractivity contribution >= 4 is 34.8 Å². The first-order chi connectivity index (χ1) is 15.6. The van der Waals surface area contributed by atoms with Gasteiger partial charge in [-0.3, -0.25) is 14.5 Å². The third-order valence-electron chi connectivity index (χ3n) is 5.68. The second-order valence-electron chi connectivity index (χ2n) is 7.94. The second kappa shape index (κ2) is 10.4. The van der Waals surface area contributed by atoms with E-state index in [9.17, 15) is 22.8 Å². The summed E-state index contributed by atoms with van der Waals surface area (Å²) in [6.45, 7) is 4.07. The van der Waals surface area contributed by atoms with Crippen LogP contribution in [0.4, 0.5) is 24.5 Å². The quantitative estimate of drug-likeness (QED) is 0.677. The molecule has 0 unspecified atom stereocenters.